The van der Waals surface area contributed by atoms with E-state index in [1.807, 2.05) is 6.20 Å². The second-order valence-electron chi connectivity index (χ2n) is 5.18. The van der Waals surface area contributed by atoms with Crippen LogP contribution in [0.5, 0.6) is 0 Å². The third kappa shape index (κ3) is 4.52. The SMILES string of the molecule is COCCNCc1cnc(N(C)c2cc(C)cc(C)c2)s1. The number of ether oxygens (including phenoxy) is 1. The highest BCUT2D eigenvalue weighted by molar-refractivity contribution is 7.15. The molecule has 0 atom stereocenters. The summed E-state index contributed by atoms with van der Waals surface area (Å²) in [6.45, 7) is 6.67. The summed E-state index contributed by atoms with van der Waals surface area (Å²) >= 11 is 1.72. The quantitative estimate of drug-likeness (QED) is 0.797. The van der Waals surface area contributed by atoms with Crippen LogP contribution in [0.3, 0.4) is 0 Å². The third-order valence-electron chi connectivity index (χ3n) is 3.20. The molecular formula is C16H23N3OS. The van der Waals surface area contributed by atoms with Crippen molar-refractivity contribution in [2.75, 3.05) is 32.2 Å². The number of methoxy groups -OCH3 is 1. The molecule has 0 aliphatic carbocycles. The van der Waals surface area contributed by atoms with Gasteiger partial charge in [0.2, 0.25) is 0 Å². The normalized spacial score (nSPS) is 10.9. The van der Waals surface area contributed by atoms with Crippen LogP contribution in [0.15, 0.2) is 24.4 Å². The van der Waals surface area contributed by atoms with Crippen molar-refractivity contribution in [3.05, 3.63) is 40.4 Å². The molecule has 0 aliphatic heterocycles. The van der Waals surface area contributed by atoms with Crippen molar-refractivity contribution in [1.82, 2.24) is 10.3 Å². The van der Waals surface area contributed by atoms with Crippen molar-refractivity contribution in [3.8, 4) is 0 Å². The molecule has 1 aromatic carbocycles. The highest BCUT2D eigenvalue weighted by atomic mass is 32.1. The zero-order chi connectivity index (χ0) is 15.2. The summed E-state index contributed by atoms with van der Waals surface area (Å²) in [5.74, 6) is 0. The van der Waals surface area contributed by atoms with E-state index in [0.717, 1.165) is 24.8 Å². The molecule has 1 N–H and O–H groups in total. The lowest BCUT2D eigenvalue weighted by Crippen LogP contribution is -2.17. The Bertz CT molecular complexity index is 562. The van der Waals surface area contributed by atoms with Crippen molar-refractivity contribution >= 4 is 22.2 Å². The van der Waals surface area contributed by atoms with E-state index in [0.29, 0.717) is 0 Å². The van der Waals surface area contributed by atoms with Crippen LogP contribution in [0.1, 0.15) is 16.0 Å². The van der Waals surface area contributed by atoms with Crippen LogP contribution in [0, 0.1) is 13.8 Å². The lowest BCUT2D eigenvalue weighted by atomic mass is 10.1. The topological polar surface area (TPSA) is 37.4 Å². The van der Waals surface area contributed by atoms with E-state index in [-0.39, 0.29) is 0 Å². The second-order valence-corrected chi connectivity index (χ2v) is 6.28. The van der Waals surface area contributed by atoms with Gasteiger partial charge in [-0.3, -0.25) is 0 Å². The van der Waals surface area contributed by atoms with Gasteiger partial charge in [-0.25, -0.2) is 4.98 Å². The third-order valence-corrected chi connectivity index (χ3v) is 4.28. The van der Waals surface area contributed by atoms with Gasteiger partial charge >= 0.3 is 0 Å². The zero-order valence-corrected chi connectivity index (χ0v) is 14.0. The van der Waals surface area contributed by atoms with Crippen LogP contribution in [0.2, 0.25) is 0 Å². The molecule has 0 spiro atoms. The van der Waals surface area contributed by atoms with Gasteiger partial charge in [-0.15, -0.1) is 11.3 Å². The second kappa shape index (κ2) is 7.54. The van der Waals surface area contributed by atoms with Crippen molar-refractivity contribution < 1.29 is 4.74 Å². The lowest BCUT2D eigenvalue weighted by molar-refractivity contribution is 0.199. The minimum atomic E-state index is 0.730. The van der Waals surface area contributed by atoms with Gasteiger partial charge in [0.15, 0.2) is 5.13 Å². The first-order valence-electron chi connectivity index (χ1n) is 7.06. The molecular weight excluding hydrogens is 282 g/mol. The lowest BCUT2D eigenvalue weighted by Gasteiger charge is -2.17. The Balaban J connectivity index is 2.02. The van der Waals surface area contributed by atoms with E-state index >= 15 is 0 Å². The average Bonchev–Trinajstić information content (AvgIpc) is 2.90. The predicted octanol–water partition coefficient (Wildman–Crippen LogP) is 3.26. The molecule has 0 amide bonds. The molecule has 0 aliphatic rings. The van der Waals surface area contributed by atoms with Gasteiger partial charge in [-0.1, -0.05) is 6.07 Å². The molecule has 0 fully saturated rings. The number of nitrogens with zero attached hydrogens (tertiary/aromatic N) is 2. The monoisotopic (exact) mass is 305 g/mol. The molecule has 2 rings (SSSR count). The molecule has 0 saturated carbocycles. The van der Waals surface area contributed by atoms with Crippen molar-refractivity contribution in [2.24, 2.45) is 0 Å². The van der Waals surface area contributed by atoms with Crippen molar-refractivity contribution in [1.29, 1.82) is 0 Å². The highest BCUT2D eigenvalue weighted by Gasteiger charge is 2.09. The molecule has 0 unspecified atom stereocenters. The molecule has 0 radical (unpaired) electrons. The first-order valence-corrected chi connectivity index (χ1v) is 7.88. The summed E-state index contributed by atoms with van der Waals surface area (Å²) in [6, 6.07) is 6.56. The van der Waals surface area contributed by atoms with Crippen molar-refractivity contribution in [3.63, 3.8) is 0 Å². The molecule has 1 heterocycles. The van der Waals surface area contributed by atoms with Gasteiger partial charge in [0.1, 0.15) is 0 Å². The number of benzene rings is 1. The van der Waals surface area contributed by atoms with E-state index < -0.39 is 0 Å². The van der Waals surface area contributed by atoms with Gasteiger partial charge in [0, 0.05) is 44.0 Å². The fraction of sp³-hybridized carbons (Fsp3) is 0.438. The zero-order valence-electron chi connectivity index (χ0n) is 13.1. The Labute approximate surface area is 130 Å². The Kier molecular flexibility index (Phi) is 5.73. The maximum Gasteiger partial charge on any atom is 0.189 e. The van der Waals surface area contributed by atoms with Crippen LogP contribution >= 0.6 is 11.3 Å². The smallest absolute Gasteiger partial charge is 0.189 e. The van der Waals surface area contributed by atoms with Crippen LogP contribution in [-0.2, 0) is 11.3 Å². The fourth-order valence-corrected chi connectivity index (χ4v) is 3.04. The van der Waals surface area contributed by atoms with Gasteiger partial charge < -0.3 is 15.0 Å². The molecule has 1 aromatic heterocycles. The minimum absolute atomic E-state index is 0.730. The first-order chi connectivity index (χ1) is 10.1. The number of aryl methyl sites for hydroxylation is 2. The Morgan fingerprint density at radius 3 is 2.62 bits per heavy atom. The molecule has 21 heavy (non-hydrogen) atoms. The minimum Gasteiger partial charge on any atom is -0.383 e. The summed E-state index contributed by atoms with van der Waals surface area (Å²) in [5, 5.41) is 4.36. The Hall–Kier alpha value is -1.43. The number of rotatable bonds is 7. The summed E-state index contributed by atoms with van der Waals surface area (Å²) in [7, 11) is 3.78. The summed E-state index contributed by atoms with van der Waals surface area (Å²) in [4.78, 5) is 7.90. The van der Waals surface area contributed by atoms with Gasteiger partial charge in [0.05, 0.1) is 6.61 Å². The molecule has 4 nitrogen and oxygen atoms in total. The molecule has 2 aromatic rings. The number of thiazole rings is 1. The standard InChI is InChI=1S/C16H23N3OS/c1-12-7-13(2)9-14(8-12)19(3)16-18-11-15(21-16)10-17-5-6-20-4/h7-9,11,17H,5-6,10H2,1-4H3. The molecule has 114 valence electrons. The van der Waals surface area contributed by atoms with Crippen molar-refractivity contribution in [2.45, 2.75) is 20.4 Å². The maximum atomic E-state index is 5.02. The summed E-state index contributed by atoms with van der Waals surface area (Å²) < 4.78 is 5.02. The largest absolute Gasteiger partial charge is 0.383 e. The van der Waals surface area contributed by atoms with Crippen LogP contribution < -0.4 is 10.2 Å². The molecule has 0 saturated heterocycles. The predicted molar refractivity (Wildman–Crippen MR) is 89.7 cm³/mol. The molecule has 0 bridgehead atoms. The average molecular weight is 305 g/mol. The number of anilines is 2. The first kappa shape index (κ1) is 15.9. The Morgan fingerprint density at radius 2 is 1.95 bits per heavy atom. The van der Waals surface area contributed by atoms with Crippen LogP contribution in [0.25, 0.3) is 0 Å². The van der Waals surface area contributed by atoms with Gasteiger partial charge in [-0.05, 0) is 37.1 Å². The number of nitrogens with one attached hydrogen (secondary N) is 1. The maximum absolute atomic E-state index is 5.02. The van der Waals surface area contributed by atoms with E-state index in [9.17, 15) is 0 Å². The van der Waals surface area contributed by atoms with E-state index in [1.165, 1.54) is 21.7 Å². The number of hydrogen-bond acceptors (Lipinski definition) is 5. The number of hydrogen-bond donors (Lipinski definition) is 1. The van der Waals surface area contributed by atoms with E-state index in [2.05, 4.69) is 54.3 Å². The van der Waals surface area contributed by atoms with Crippen LogP contribution in [-0.4, -0.2) is 32.3 Å². The molecule has 5 heteroatoms. The summed E-state index contributed by atoms with van der Waals surface area (Å²) in [5.41, 5.74) is 3.73. The fourth-order valence-electron chi connectivity index (χ4n) is 2.17. The van der Waals surface area contributed by atoms with E-state index in [1.54, 1.807) is 18.4 Å². The van der Waals surface area contributed by atoms with E-state index in [4.69, 9.17) is 4.74 Å². The van der Waals surface area contributed by atoms with Gasteiger partial charge in [-0.2, -0.15) is 0 Å². The highest BCUT2D eigenvalue weighted by Crippen LogP contribution is 2.29. The summed E-state index contributed by atoms with van der Waals surface area (Å²) in [6.07, 6.45) is 1.94. The van der Waals surface area contributed by atoms with Gasteiger partial charge in [0.25, 0.3) is 0 Å². The Morgan fingerprint density at radius 1 is 1.24 bits per heavy atom. The number of aromatic nitrogens is 1. The van der Waals surface area contributed by atoms with Crippen LogP contribution in [0.4, 0.5) is 10.8 Å².